The normalized spacial score (nSPS) is 12.7. The van der Waals surface area contributed by atoms with E-state index in [1.54, 1.807) is 48.4 Å². The topological polar surface area (TPSA) is 93.5 Å². The standard InChI is InChI=1S/C31H39ClN4O4/c1-9-25(37)36(19-31(7,8)34-29(39)40-30(4,5)6)26(20(2)3)27-33-24-17-22(32)15-16-23(24)28(38)35(27)18-21-13-11-10-12-14-21/h9-17,20,26H,1,18-19H2,2-8H3,(H,34,39). The van der Waals surface area contributed by atoms with Crippen molar-refractivity contribution in [2.45, 2.75) is 72.2 Å². The van der Waals surface area contributed by atoms with Gasteiger partial charge in [-0.3, -0.25) is 14.2 Å². The van der Waals surface area contributed by atoms with Crippen molar-refractivity contribution in [3.8, 4) is 0 Å². The van der Waals surface area contributed by atoms with Crippen LogP contribution in [0.15, 0.2) is 66.0 Å². The molecular weight excluding hydrogens is 528 g/mol. The number of fused-ring (bicyclic) bond motifs is 1. The molecule has 1 heterocycles. The fraction of sp³-hybridized carbons (Fsp3) is 0.419. The number of nitrogens with one attached hydrogen (secondary N) is 1. The SMILES string of the molecule is C=CC(=O)N(CC(C)(C)NC(=O)OC(C)(C)C)C(c1nc2cc(Cl)ccc2c(=O)n1Cc1ccccc1)C(C)C. The molecule has 40 heavy (non-hydrogen) atoms. The van der Waals surface area contributed by atoms with Gasteiger partial charge >= 0.3 is 6.09 Å². The number of carbonyl (C=O) groups is 2. The Balaban J connectivity index is 2.18. The van der Waals surface area contributed by atoms with Crippen LogP contribution in [-0.4, -0.2) is 44.1 Å². The highest BCUT2D eigenvalue weighted by molar-refractivity contribution is 6.31. The van der Waals surface area contributed by atoms with Gasteiger partial charge in [-0.15, -0.1) is 0 Å². The van der Waals surface area contributed by atoms with Crippen molar-refractivity contribution in [1.82, 2.24) is 19.8 Å². The Morgan fingerprint density at radius 1 is 1.12 bits per heavy atom. The van der Waals surface area contributed by atoms with E-state index in [1.807, 2.05) is 58.0 Å². The molecule has 214 valence electrons. The molecule has 0 aliphatic heterocycles. The van der Waals surface area contributed by atoms with Crippen LogP contribution in [0.2, 0.25) is 5.02 Å². The number of hydrogen-bond acceptors (Lipinski definition) is 5. The Bertz CT molecular complexity index is 1440. The summed E-state index contributed by atoms with van der Waals surface area (Å²) in [5, 5.41) is 3.76. The number of aromatic nitrogens is 2. The largest absolute Gasteiger partial charge is 0.444 e. The molecule has 2 aromatic carbocycles. The molecule has 0 spiro atoms. The number of benzene rings is 2. The van der Waals surface area contributed by atoms with E-state index in [0.717, 1.165) is 5.56 Å². The lowest BCUT2D eigenvalue weighted by molar-refractivity contribution is -0.130. The Labute approximate surface area is 241 Å². The van der Waals surface area contributed by atoms with Gasteiger partial charge in [0.1, 0.15) is 11.4 Å². The summed E-state index contributed by atoms with van der Waals surface area (Å²) in [5.41, 5.74) is -0.445. The molecule has 1 N–H and O–H groups in total. The summed E-state index contributed by atoms with van der Waals surface area (Å²) < 4.78 is 7.07. The maximum absolute atomic E-state index is 13.9. The van der Waals surface area contributed by atoms with Crippen LogP contribution in [0.25, 0.3) is 10.9 Å². The first-order valence-electron chi connectivity index (χ1n) is 13.3. The van der Waals surface area contributed by atoms with Gasteiger partial charge < -0.3 is 15.0 Å². The molecular formula is C31H39ClN4O4. The molecule has 3 rings (SSSR count). The minimum atomic E-state index is -0.890. The van der Waals surface area contributed by atoms with E-state index in [4.69, 9.17) is 21.3 Å². The third kappa shape index (κ3) is 7.72. The quantitative estimate of drug-likeness (QED) is 0.315. The first-order chi connectivity index (χ1) is 18.6. The highest BCUT2D eigenvalue weighted by Gasteiger charge is 2.36. The predicted molar refractivity (Wildman–Crippen MR) is 159 cm³/mol. The molecule has 1 atom stereocenters. The fourth-order valence-electron chi connectivity index (χ4n) is 4.63. The highest BCUT2D eigenvalue weighted by Crippen LogP contribution is 2.31. The van der Waals surface area contributed by atoms with E-state index in [0.29, 0.717) is 21.7 Å². The second-order valence-electron chi connectivity index (χ2n) is 11.9. The molecule has 9 heteroatoms. The van der Waals surface area contributed by atoms with Crippen LogP contribution < -0.4 is 10.9 Å². The van der Waals surface area contributed by atoms with Gasteiger partial charge in [-0.2, -0.15) is 0 Å². The average Bonchev–Trinajstić information content (AvgIpc) is 2.83. The zero-order valence-corrected chi connectivity index (χ0v) is 25.1. The second-order valence-corrected chi connectivity index (χ2v) is 12.3. The zero-order valence-electron chi connectivity index (χ0n) is 24.3. The summed E-state index contributed by atoms with van der Waals surface area (Å²) in [5.74, 6) is -0.0989. The van der Waals surface area contributed by atoms with Crippen molar-refractivity contribution in [3.63, 3.8) is 0 Å². The number of carbonyl (C=O) groups excluding carboxylic acids is 2. The Morgan fingerprint density at radius 3 is 2.35 bits per heavy atom. The molecule has 1 unspecified atom stereocenters. The summed E-state index contributed by atoms with van der Waals surface area (Å²) in [4.78, 5) is 46.5. The summed E-state index contributed by atoms with van der Waals surface area (Å²) >= 11 is 6.27. The number of nitrogens with zero attached hydrogens (tertiary/aromatic N) is 3. The summed E-state index contributed by atoms with van der Waals surface area (Å²) in [6, 6.07) is 14.0. The third-order valence-electron chi connectivity index (χ3n) is 6.22. The van der Waals surface area contributed by atoms with Crippen molar-refractivity contribution >= 4 is 34.5 Å². The molecule has 0 aliphatic carbocycles. The van der Waals surface area contributed by atoms with Gasteiger partial charge in [0, 0.05) is 11.6 Å². The van der Waals surface area contributed by atoms with Gasteiger partial charge in [0.2, 0.25) is 5.91 Å². The smallest absolute Gasteiger partial charge is 0.408 e. The molecule has 0 saturated heterocycles. The summed E-state index contributed by atoms with van der Waals surface area (Å²) in [6.45, 7) is 17.0. The van der Waals surface area contributed by atoms with Crippen LogP contribution in [0.3, 0.4) is 0 Å². The molecule has 2 amide bonds. The van der Waals surface area contributed by atoms with Crippen molar-refractivity contribution < 1.29 is 14.3 Å². The summed E-state index contributed by atoms with van der Waals surface area (Å²) in [6.07, 6.45) is 0.639. The predicted octanol–water partition coefficient (Wildman–Crippen LogP) is 6.11. The van der Waals surface area contributed by atoms with E-state index in [1.165, 1.54) is 6.08 Å². The van der Waals surface area contributed by atoms with Crippen LogP contribution in [0.1, 0.15) is 65.9 Å². The van der Waals surface area contributed by atoms with Crippen LogP contribution >= 0.6 is 11.6 Å². The summed E-state index contributed by atoms with van der Waals surface area (Å²) in [7, 11) is 0. The first-order valence-corrected chi connectivity index (χ1v) is 13.7. The van der Waals surface area contributed by atoms with Crippen LogP contribution in [-0.2, 0) is 16.1 Å². The number of ether oxygens (including phenoxy) is 1. The first kappa shape index (κ1) is 30.9. The maximum atomic E-state index is 13.9. The fourth-order valence-corrected chi connectivity index (χ4v) is 4.80. The Morgan fingerprint density at radius 2 is 1.77 bits per heavy atom. The van der Waals surface area contributed by atoms with Gasteiger partial charge in [0.25, 0.3) is 5.56 Å². The van der Waals surface area contributed by atoms with Crippen molar-refractivity contribution in [1.29, 1.82) is 0 Å². The zero-order chi connectivity index (χ0) is 29.8. The van der Waals surface area contributed by atoms with Gasteiger partial charge in [-0.1, -0.05) is 62.4 Å². The molecule has 0 saturated carbocycles. The van der Waals surface area contributed by atoms with E-state index in [9.17, 15) is 14.4 Å². The number of rotatable bonds is 9. The second kappa shape index (κ2) is 12.3. The minimum absolute atomic E-state index is 0.106. The lowest BCUT2D eigenvalue weighted by atomic mass is 9.96. The number of alkyl carbamates (subject to hydrolysis) is 1. The van der Waals surface area contributed by atoms with Gasteiger partial charge in [0.15, 0.2) is 0 Å². The van der Waals surface area contributed by atoms with Gasteiger partial charge in [-0.05, 0) is 70.4 Å². The Hall–Kier alpha value is -3.65. The molecule has 0 bridgehead atoms. The lowest BCUT2D eigenvalue weighted by Gasteiger charge is -2.40. The van der Waals surface area contributed by atoms with Gasteiger partial charge in [-0.25, -0.2) is 9.78 Å². The monoisotopic (exact) mass is 566 g/mol. The molecule has 0 aliphatic rings. The van der Waals surface area contributed by atoms with Gasteiger partial charge in [0.05, 0.1) is 29.0 Å². The lowest BCUT2D eigenvalue weighted by Crippen LogP contribution is -2.55. The highest BCUT2D eigenvalue weighted by atomic mass is 35.5. The van der Waals surface area contributed by atoms with Crippen molar-refractivity contribution in [2.24, 2.45) is 5.92 Å². The van der Waals surface area contributed by atoms with E-state index >= 15 is 0 Å². The molecule has 1 aromatic heterocycles. The van der Waals surface area contributed by atoms with E-state index < -0.39 is 23.3 Å². The number of hydrogen-bond donors (Lipinski definition) is 1. The third-order valence-corrected chi connectivity index (χ3v) is 6.46. The van der Waals surface area contributed by atoms with Crippen LogP contribution in [0.5, 0.6) is 0 Å². The molecule has 0 radical (unpaired) electrons. The number of amides is 2. The molecule has 8 nitrogen and oxygen atoms in total. The molecule has 3 aromatic rings. The van der Waals surface area contributed by atoms with E-state index in [-0.39, 0.29) is 30.5 Å². The minimum Gasteiger partial charge on any atom is -0.444 e. The van der Waals surface area contributed by atoms with Crippen LogP contribution in [0.4, 0.5) is 4.79 Å². The van der Waals surface area contributed by atoms with Crippen molar-refractivity contribution in [3.05, 3.63) is 88.0 Å². The Kier molecular flexibility index (Phi) is 9.46. The molecule has 0 fully saturated rings. The average molecular weight is 567 g/mol. The number of halogens is 1. The maximum Gasteiger partial charge on any atom is 0.408 e. The van der Waals surface area contributed by atoms with E-state index in [2.05, 4.69) is 11.9 Å². The van der Waals surface area contributed by atoms with Crippen LogP contribution in [0, 0.1) is 5.92 Å². The van der Waals surface area contributed by atoms with Crippen molar-refractivity contribution in [2.75, 3.05) is 6.54 Å².